The number of phenols is 1. The number of anilines is 1. The van der Waals surface area contributed by atoms with Crippen molar-refractivity contribution in [3.05, 3.63) is 75.0 Å². The van der Waals surface area contributed by atoms with Crippen molar-refractivity contribution < 1.29 is 29.1 Å². The number of aryl methyl sites for hydroxylation is 2. The maximum atomic E-state index is 13.1. The van der Waals surface area contributed by atoms with Crippen molar-refractivity contribution in [1.82, 2.24) is 5.16 Å². The van der Waals surface area contributed by atoms with Crippen molar-refractivity contribution in [2.24, 2.45) is 0 Å². The minimum atomic E-state index is -1.04. The third-order valence-corrected chi connectivity index (χ3v) is 5.82. The zero-order valence-corrected chi connectivity index (χ0v) is 19.0. The molecule has 1 saturated heterocycles. The minimum absolute atomic E-state index is 0.112. The first-order chi connectivity index (χ1) is 15.2. The number of halogens is 1. The van der Waals surface area contributed by atoms with Gasteiger partial charge in [0.25, 0.3) is 5.78 Å². The first kappa shape index (κ1) is 21.6. The van der Waals surface area contributed by atoms with Gasteiger partial charge in [-0.3, -0.25) is 14.5 Å². The number of Topliss-reactive ketones (excluding diaryl/α,β-unsaturated/α-hetero) is 1. The van der Waals surface area contributed by atoms with Crippen LogP contribution in [0.3, 0.4) is 0 Å². The standard InChI is InChI=1S/C23H19BrN2O6/c1-11-4-6-13(7-5-11)20(27)18-19(14-9-15(24)21(28)16(10-14)31-3)26(23(30)22(18)29)17-8-12(2)32-25-17/h4-10,19,27-28H,1-3H3. The number of amides is 1. The predicted octanol–water partition coefficient (Wildman–Crippen LogP) is 4.39. The van der Waals surface area contributed by atoms with E-state index in [9.17, 15) is 19.8 Å². The van der Waals surface area contributed by atoms with Crippen LogP contribution in [0, 0.1) is 13.8 Å². The van der Waals surface area contributed by atoms with Crippen LogP contribution in [0.15, 0.2) is 57.0 Å². The zero-order valence-electron chi connectivity index (χ0n) is 17.4. The van der Waals surface area contributed by atoms with E-state index in [1.54, 1.807) is 37.3 Å². The van der Waals surface area contributed by atoms with Gasteiger partial charge >= 0.3 is 5.91 Å². The van der Waals surface area contributed by atoms with E-state index >= 15 is 0 Å². The fourth-order valence-electron chi connectivity index (χ4n) is 3.63. The molecule has 4 rings (SSSR count). The summed E-state index contributed by atoms with van der Waals surface area (Å²) in [6.45, 7) is 3.56. The van der Waals surface area contributed by atoms with Gasteiger partial charge < -0.3 is 19.5 Å². The van der Waals surface area contributed by atoms with Crippen molar-refractivity contribution in [2.75, 3.05) is 12.0 Å². The van der Waals surface area contributed by atoms with Crippen molar-refractivity contribution in [3.8, 4) is 11.5 Å². The predicted molar refractivity (Wildman–Crippen MR) is 120 cm³/mol. The molecular weight excluding hydrogens is 480 g/mol. The lowest BCUT2D eigenvalue weighted by molar-refractivity contribution is -0.132. The maximum absolute atomic E-state index is 13.1. The molecule has 1 aliphatic heterocycles. The lowest BCUT2D eigenvalue weighted by atomic mass is 9.94. The Morgan fingerprint density at radius 2 is 1.84 bits per heavy atom. The number of carbonyl (C=O) groups excluding carboxylic acids is 2. The van der Waals surface area contributed by atoms with E-state index < -0.39 is 17.7 Å². The molecule has 0 spiro atoms. The number of benzene rings is 2. The lowest BCUT2D eigenvalue weighted by Crippen LogP contribution is -2.29. The van der Waals surface area contributed by atoms with E-state index in [0.29, 0.717) is 21.4 Å². The van der Waals surface area contributed by atoms with Crippen LogP contribution in [0.2, 0.25) is 0 Å². The number of rotatable bonds is 4. The molecule has 0 bridgehead atoms. The Morgan fingerprint density at radius 3 is 2.44 bits per heavy atom. The van der Waals surface area contributed by atoms with Gasteiger partial charge in [-0.1, -0.05) is 35.0 Å². The van der Waals surface area contributed by atoms with Crippen LogP contribution in [0.5, 0.6) is 11.5 Å². The topological polar surface area (TPSA) is 113 Å². The summed E-state index contributed by atoms with van der Waals surface area (Å²) in [5.41, 5.74) is 1.67. The number of carbonyl (C=O) groups is 2. The molecule has 164 valence electrons. The second-order valence-electron chi connectivity index (χ2n) is 7.38. The van der Waals surface area contributed by atoms with Crippen LogP contribution in [-0.2, 0) is 9.59 Å². The number of aromatic hydroxyl groups is 1. The molecule has 2 aromatic carbocycles. The second-order valence-corrected chi connectivity index (χ2v) is 8.24. The molecule has 1 atom stereocenters. The average Bonchev–Trinajstić information content (AvgIpc) is 3.31. The monoisotopic (exact) mass is 498 g/mol. The Bertz CT molecular complexity index is 1260. The molecule has 0 radical (unpaired) electrons. The van der Waals surface area contributed by atoms with Gasteiger partial charge in [0, 0.05) is 11.6 Å². The van der Waals surface area contributed by atoms with Gasteiger partial charge in [-0.15, -0.1) is 0 Å². The van der Waals surface area contributed by atoms with Gasteiger partial charge in [0.05, 0.1) is 23.2 Å². The van der Waals surface area contributed by atoms with E-state index in [2.05, 4.69) is 21.1 Å². The summed E-state index contributed by atoms with van der Waals surface area (Å²) in [5, 5.41) is 25.2. The van der Waals surface area contributed by atoms with Crippen LogP contribution in [0.4, 0.5) is 5.82 Å². The smallest absolute Gasteiger partial charge is 0.301 e. The van der Waals surface area contributed by atoms with Gasteiger partial charge in [-0.25, -0.2) is 0 Å². The molecule has 0 saturated carbocycles. The van der Waals surface area contributed by atoms with E-state index in [1.807, 2.05) is 6.92 Å². The molecule has 3 aromatic rings. The van der Waals surface area contributed by atoms with Crippen LogP contribution in [0.25, 0.3) is 5.76 Å². The van der Waals surface area contributed by atoms with E-state index in [-0.39, 0.29) is 28.6 Å². The molecule has 8 nitrogen and oxygen atoms in total. The van der Waals surface area contributed by atoms with Crippen molar-refractivity contribution in [1.29, 1.82) is 0 Å². The molecule has 0 aliphatic carbocycles. The molecule has 1 aromatic heterocycles. The number of ether oxygens (including phenoxy) is 1. The summed E-state index contributed by atoms with van der Waals surface area (Å²) in [6.07, 6.45) is 0. The van der Waals surface area contributed by atoms with Gasteiger partial charge in [-0.05, 0) is 47.5 Å². The Kier molecular flexibility index (Phi) is 5.52. The third kappa shape index (κ3) is 3.54. The number of ketones is 1. The van der Waals surface area contributed by atoms with Gasteiger partial charge in [0.1, 0.15) is 11.5 Å². The fourth-order valence-corrected chi connectivity index (χ4v) is 4.08. The summed E-state index contributed by atoms with van der Waals surface area (Å²) in [5.74, 6) is -1.48. The number of aliphatic hydroxyl groups is 1. The third-order valence-electron chi connectivity index (χ3n) is 5.22. The van der Waals surface area contributed by atoms with Crippen molar-refractivity contribution in [2.45, 2.75) is 19.9 Å². The zero-order chi connectivity index (χ0) is 23.2. The SMILES string of the molecule is COc1cc(C2C(=C(O)c3ccc(C)cc3)C(=O)C(=O)N2c2cc(C)on2)cc(Br)c1O. The summed E-state index contributed by atoms with van der Waals surface area (Å²) in [6, 6.07) is 10.5. The summed E-state index contributed by atoms with van der Waals surface area (Å²) in [7, 11) is 1.38. The van der Waals surface area contributed by atoms with E-state index in [0.717, 1.165) is 10.5 Å². The highest BCUT2D eigenvalue weighted by molar-refractivity contribution is 9.10. The summed E-state index contributed by atoms with van der Waals surface area (Å²) in [4.78, 5) is 27.3. The summed E-state index contributed by atoms with van der Waals surface area (Å²) >= 11 is 3.27. The normalized spacial score (nSPS) is 17.8. The van der Waals surface area contributed by atoms with Gasteiger partial charge in [-0.2, -0.15) is 0 Å². The van der Waals surface area contributed by atoms with Crippen molar-refractivity contribution >= 4 is 39.2 Å². The largest absolute Gasteiger partial charge is 0.507 e. The second kappa shape index (κ2) is 8.16. The molecule has 1 unspecified atom stereocenters. The maximum Gasteiger partial charge on any atom is 0.301 e. The summed E-state index contributed by atoms with van der Waals surface area (Å²) < 4.78 is 10.7. The fraction of sp³-hybridized carbons (Fsp3) is 0.174. The molecule has 1 aliphatic rings. The molecular formula is C23H19BrN2O6. The van der Waals surface area contributed by atoms with Crippen LogP contribution < -0.4 is 9.64 Å². The Labute approximate surface area is 191 Å². The minimum Gasteiger partial charge on any atom is -0.507 e. The molecule has 2 N–H and O–H groups in total. The quantitative estimate of drug-likeness (QED) is 0.311. The number of hydrogen-bond donors (Lipinski definition) is 2. The molecule has 9 heteroatoms. The molecule has 1 amide bonds. The van der Waals surface area contributed by atoms with Gasteiger partial charge in [0.2, 0.25) is 0 Å². The molecule has 1 fully saturated rings. The first-order valence-corrected chi connectivity index (χ1v) is 10.4. The number of phenolic OH excluding ortho intramolecular Hbond substituents is 1. The number of nitrogens with zero attached hydrogens (tertiary/aromatic N) is 2. The first-order valence-electron chi connectivity index (χ1n) is 9.60. The number of hydrogen-bond acceptors (Lipinski definition) is 7. The molecule has 32 heavy (non-hydrogen) atoms. The van der Waals surface area contributed by atoms with Crippen LogP contribution >= 0.6 is 15.9 Å². The number of methoxy groups -OCH3 is 1. The van der Waals surface area contributed by atoms with Crippen molar-refractivity contribution in [3.63, 3.8) is 0 Å². The number of aromatic nitrogens is 1. The highest BCUT2D eigenvalue weighted by Crippen LogP contribution is 2.45. The Balaban J connectivity index is 1.99. The number of aliphatic hydroxyl groups excluding tert-OH is 1. The van der Waals surface area contributed by atoms with Crippen LogP contribution in [-0.4, -0.2) is 34.2 Å². The highest BCUT2D eigenvalue weighted by atomic mass is 79.9. The Morgan fingerprint density at radius 1 is 1.16 bits per heavy atom. The Hall–Kier alpha value is -3.59. The van der Waals surface area contributed by atoms with E-state index in [1.165, 1.54) is 19.2 Å². The highest BCUT2D eigenvalue weighted by Gasteiger charge is 2.48. The lowest BCUT2D eigenvalue weighted by Gasteiger charge is -2.23. The van der Waals surface area contributed by atoms with Crippen LogP contribution in [0.1, 0.15) is 28.5 Å². The van der Waals surface area contributed by atoms with E-state index in [4.69, 9.17) is 9.26 Å². The average molecular weight is 499 g/mol. The van der Waals surface area contributed by atoms with Gasteiger partial charge in [0.15, 0.2) is 17.3 Å². The molecule has 2 heterocycles.